The van der Waals surface area contributed by atoms with Crippen LogP contribution in [0.1, 0.15) is 75.1 Å². The fourth-order valence-electron chi connectivity index (χ4n) is 5.75. The van der Waals surface area contributed by atoms with E-state index in [9.17, 15) is 18.0 Å². The number of benzene rings is 2. The molecule has 0 spiro atoms. The van der Waals surface area contributed by atoms with E-state index >= 15 is 0 Å². The van der Waals surface area contributed by atoms with Crippen LogP contribution in [0.3, 0.4) is 0 Å². The lowest BCUT2D eigenvalue weighted by Gasteiger charge is -2.26. The number of para-hydroxylation sites is 1. The summed E-state index contributed by atoms with van der Waals surface area (Å²) in [4.78, 5) is 34.1. The molecule has 2 aromatic carbocycles. The van der Waals surface area contributed by atoms with E-state index in [1.165, 1.54) is 21.3 Å². The molecule has 0 radical (unpaired) electrons. The van der Waals surface area contributed by atoms with E-state index in [4.69, 9.17) is 4.74 Å². The van der Waals surface area contributed by atoms with Gasteiger partial charge in [0.05, 0.1) is 46.1 Å². The van der Waals surface area contributed by atoms with Crippen molar-refractivity contribution in [3.05, 3.63) is 64.3 Å². The predicted octanol–water partition coefficient (Wildman–Crippen LogP) is 4.12. The van der Waals surface area contributed by atoms with Gasteiger partial charge < -0.3 is 4.74 Å². The second-order valence-corrected chi connectivity index (χ2v) is 12.4. The van der Waals surface area contributed by atoms with E-state index in [1.54, 1.807) is 13.0 Å². The molecule has 2 aliphatic carbocycles. The van der Waals surface area contributed by atoms with E-state index in [1.807, 2.05) is 18.2 Å². The maximum Gasteiger partial charge on any atom is 0.268 e. The maximum absolute atomic E-state index is 14.1. The molecule has 7 rings (SSSR count). The molecule has 0 N–H and O–H groups in total. The predicted molar refractivity (Wildman–Crippen MR) is 138 cm³/mol. The smallest absolute Gasteiger partial charge is 0.268 e. The number of sulfonamides is 1. The van der Waals surface area contributed by atoms with Crippen LogP contribution in [-0.2, 0) is 14.8 Å². The number of rotatable bonds is 5. The zero-order valence-electron chi connectivity index (χ0n) is 20.6. The van der Waals surface area contributed by atoms with Crippen molar-refractivity contribution in [3.63, 3.8) is 0 Å². The number of hydrogen-bond donors (Lipinski definition) is 0. The van der Waals surface area contributed by atoms with Crippen LogP contribution in [0.15, 0.2) is 41.3 Å². The zero-order valence-corrected chi connectivity index (χ0v) is 21.4. The summed E-state index contributed by atoms with van der Waals surface area (Å²) in [6, 6.07) is 10.8. The molecule has 3 aromatic rings. The summed E-state index contributed by atoms with van der Waals surface area (Å²) < 4.78 is 33.4. The van der Waals surface area contributed by atoms with Gasteiger partial charge in [0.25, 0.3) is 11.8 Å². The number of morpholine rings is 1. The Morgan fingerprint density at radius 3 is 2.14 bits per heavy atom. The van der Waals surface area contributed by atoms with Crippen molar-refractivity contribution in [2.24, 2.45) is 0 Å². The Morgan fingerprint density at radius 1 is 0.892 bits per heavy atom. The van der Waals surface area contributed by atoms with Crippen molar-refractivity contribution >= 4 is 38.4 Å². The minimum Gasteiger partial charge on any atom is -0.379 e. The highest BCUT2D eigenvalue weighted by molar-refractivity contribution is 7.89. The summed E-state index contributed by atoms with van der Waals surface area (Å²) in [7, 11) is -3.78. The van der Waals surface area contributed by atoms with Crippen LogP contribution in [0.5, 0.6) is 0 Å². The number of aromatic nitrogens is 1. The number of pyridine rings is 1. The van der Waals surface area contributed by atoms with Gasteiger partial charge in [-0.1, -0.05) is 18.2 Å². The van der Waals surface area contributed by atoms with Crippen LogP contribution >= 0.6 is 0 Å². The number of nitrogens with zero attached hydrogens (tertiary/aromatic N) is 3. The molecule has 3 heterocycles. The minimum atomic E-state index is -3.78. The molecule has 1 aromatic heterocycles. The highest BCUT2D eigenvalue weighted by Gasteiger charge is 2.45. The summed E-state index contributed by atoms with van der Waals surface area (Å²) in [6.07, 6.45) is 4.21. The van der Waals surface area contributed by atoms with Gasteiger partial charge in [-0.05, 0) is 73.8 Å². The van der Waals surface area contributed by atoms with Crippen molar-refractivity contribution in [2.75, 3.05) is 31.2 Å². The zero-order chi connectivity index (χ0) is 25.5. The average Bonchev–Trinajstić information content (AvgIpc) is 3.82. The summed E-state index contributed by atoms with van der Waals surface area (Å²) in [6.45, 7) is 2.97. The van der Waals surface area contributed by atoms with Gasteiger partial charge in [0.15, 0.2) is 0 Å². The van der Waals surface area contributed by atoms with Gasteiger partial charge in [-0.2, -0.15) is 4.31 Å². The second kappa shape index (κ2) is 8.18. The first-order valence-electron chi connectivity index (χ1n) is 12.9. The lowest BCUT2D eigenvalue weighted by atomic mass is 9.99. The molecule has 37 heavy (non-hydrogen) atoms. The van der Waals surface area contributed by atoms with Crippen LogP contribution in [-0.4, -0.2) is 55.8 Å². The van der Waals surface area contributed by atoms with Gasteiger partial charge in [0.2, 0.25) is 10.0 Å². The molecule has 190 valence electrons. The molecular weight excluding hydrogens is 490 g/mol. The van der Waals surface area contributed by atoms with Gasteiger partial charge >= 0.3 is 0 Å². The maximum atomic E-state index is 14.1. The Bertz CT molecular complexity index is 1570. The van der Waals surface area contributed by atoms with Crippen molar-refractivity contribution < 1.29 is 22.7 Å². The number of ether oxygens (including phenoxy) is 1. The minimum absolute atomic E-state index is 0.0884. The molecule has 2 aliphatic heterocycles. The number of aryl methyl sites for hydroxylation is 1. The molecule has 0 unspecified atom stereocenters. The van der Waals surface area contributed by atoms with E-state index < -0.39 is 15.9 Å². The summed E-state index contributed by atoms with van der Waals surface area (Å²) in [5, 5.41) is 0.396. The molecule has 3 fully saturated rings. The molecule has 9 heteroatoms. The first kappa shape index (κ1) is 23.0. The standard InChI is InChI=1S/C28H27N3O5S/c1-16-24-25(22-15-19(9-10-23(22)29-16)37(34,35)30-11-13-36-14-12-30)28(33)31(27(24)32)26-20(17-5-6-17)3-2-4-21(26)18-7-8-18/h2-4,9-10,15,17-18H,5-8,11-14H2,1H3. The van der Waals surface area contributed by atoms with Gasteiger partial charge in [-0.25, -0.2) is 13.3 Å². The lowest BCUT2D eigenvalue weighted by Crippen LogP contribution is -2.40. The summed E-state index contributed by atoms with van der Waals surface area (Å²) in [5.74, 6) is -0.0479. The van der Waals surface area contributed by atoms with E-state index in [-0.39, 0.29) is 35.0 Å². The lowest BCUT2D eigenvalue weighted by molar-refractivity contribution is 0.0730. The number of amides is 2. The van der Waals surface area contributed by atoms with E-state index in [2.05, 4.69) is 4.98 Å². The quantitative estimate of drug-likeness (QED) is 0.473. The van der Waals surface area contributed by atoms with E-state index in [0.29, 0.717) is 41.6 Å². The van der Waals surface area contributed by atoms with Crippen LogP contribution in [0.4, 0.5) is 5.69 Å². The number of fused-ring (bicyclic) bond motifs is 3. The molecule has 1 saturated heterocycles. The Balaban J connectivity index is 1.40. The van der Waals surface area contributed by atoms with Gasteiger partial charge in [0.1, 0.15) is 0 Å². The molecular formula is C28H27N3O5S. The van der Waals surface area contributed by atoms with Crippen molar-refractivity contribution in [3.8, 4) is 0 Å². The third-order valence-electron chi connectivity index (χ3n) is 7.94. The topological polar surface area (TPSA) is 96.9 Å². The first-order chi connectivity index (χ1) is 17.9. The van der Waals surface area contributed by atoms with Crippen LogP contribution < -0.4 is 4.90 Å². The Morgan fingerprint density at radius 2 is 1.51 bits per heavy atom. The number of imide groups is 1. The number of hydrogen-bond acceptors (Lipinski definition) is 6. The van der Waals surface area contributed by atoms with Crippen LogP contribution in [0.2, 0.25) is 0 Å². The SMILES string of the molecule is Cc1nc2ccc(S(=O)(=O)N3CCOCC3)cc2c2c1C(=O)N(c1c(C3CC3)cccc1C1CC1)C2=O. The Labute approximate surface area is 215 Å². The molecule has 0 bridgehead atoms. The van der Waals surface area contributed by atoms with E-state index in [0.717, 1.165) is 42.5 Å². The molecule has 8 nitrogen and oxygen atoms in total. The van der Waals surface area contributed by atoms with Crippen molar-refractivity contribution in [1.29, 1.82) is 0 Å². The second-order valence-electron chi connectivity index (χ2n) is 10.4. The summed E-state index contributed by atoms with van der Waals surface area (Å²) in [5.41, 5.74) is 4.35. The van der Waals surface area contributed by atoms with Crippen molar-refractivity contribution in [1.82, 2.24) is 9.29 Å². The van der Waals surface area contributed by atoms with Crippen LogP contribution in [0.25, 0.3) is 10.9 Å². The fourth-order valence-corrected chi connectivity index (χ4v) is 7.18. The molecule has 2 saturated carbocycles. The third kappa shape index (κ3) is 3.55. The van der Waals surface area contributed by atoms with Gasteiger partial charge in [-0.15, -0.1) is 0 Å². The first-order valence-corrected chi connectivity index (χ1v) is 14.3. The van der Waals surface area contributed by atoms with Gasteiger partial charge in [0, 0.05) is 18.5 Å². The number of carbonyl (C=O) groups excluding carboxylic acids is 2. The van der Waals surface area contributed by atoms with Crippen molar-refractivity contribution in [2.45, 2.75) is 49.3 Å². The fraction of sp³-hybridized carbons (Fsp3) is 0.393. The molecule has 4 aliphatic rings. The molecule has 0 atom stereocenters. The molecule has 2 amide bonds. The highest BCUT2D eigenvalue weighted by atomic mass is 32.2. The normalized spacial score (nSPS) is 20.6. The largest absolute Gasteiger partial charge is 0.379 e. The Kier molecular flexibility index (Phi) is 5.09. The number of carbonyl (C=O) groups is 2. The third-order valence-corrected chi connectivity index (χ3v) is 9.83. The average molecular weight is 518 g/mol. The van der Waals surface area contributed by atoms with Gasteiger partial charge in [-0.3, -0.25) is 14.6 Å². The Hall–Kier alpha value is -3.14. The van der Waals surface area contributed by atoms with Crippen LogP contribution in [0, 0.1) is 6.92 Å². The summed E-state index contributed by atoms with van der Waals surface area (Å²) >= 11 is 0. The number of anilines is 1. The highest BCUT2D eigenvalue weighted by Crippen LogP contribution is 2.52. The monoisotopic (exact) mass is 517 g/mol.